The van der Waals surface area contributed by atoms with Gasteiger partial charge in [0.2, 0.25) is 5.91 Å². The van der Waals surface area contributed by atoms with Gasteiger partial charge in [-0.25, -0.2) is 0 Å². The zero-order valence-corrected chi connectivity index (χ0v) is 18.5. The largest absolute Gasteiger partial charge is 0.486 e. The summed E-state index contributed by atoms with van der Waals surface area (Å²) < 4.78 is 11.4. The van der Waals surface area contributed by atoms with Gasteiger partial charge in [0.1, 0.15) is 13.2 Å². The van der Waals surface area contributed by atoms with Crippen molar-refractivity contribution in [1.29, 1.82) is 0 Å². The first kappa shape index (κ1) is 22.1. The summed E-state index contributed by atoms with van der Waals surface area (Å²) in [5.74, 6) is 1.40. The summed E-state index contributed by atoms with van der Waals surface area (Å²) in [6, 6.07) is 12.4. The number of ether oxygens (including phenoxy) is 2. The molecule has 1 heterocycles. The van der Waals surface area contributed by atoms with E-state index in [-0.39, 0.29) is 24.2 Å². The molecule has 1 aliphatic heterocycles. The van der Waals surface area contributed by atoms with Gasteiger partial charge < -0.3 is 14.8 Å². The molecule has 8 heteroatoms. The summed E-state index contributed by atoms with van der Waals surface area (Å²) in [5, 5.41) is 14.4. The number of amides is 1. The van der Waals surface area contributed by atoms with Crippen molar-refractivity contribution in [2.75, 3.05) is 26.8 Å². The minimum absolute atomic E-state index is 0.0516. The van der Waals surface area contributed by atoms with Crippen LogP contribution in [0.5, 0.6) is 11.5 Å². The molecule has 4 rings (SSSR count). The van der Waals surface area contributed by atoms with Crippen molar-refractivity contribution in [2.45, 2.75) is 44.2 Å². The standard InChI is InChI=1S/C24H29N3O5/c1-17(18-6-5-7-20(14-18)27(29)30)26(2)16-23(28)25-24(10-3-4-11-24)19-8-9-21-22(15-19)32-13-12-31-21/h5-9,14-15,17H,3-4,10-13,16H2,1-2H3,(H,25,28)/t17-/m0/s1. The third-order valence-corrected chi connectivity index (χ3v) is 6.55. The van der Waals surface area contributed by atoms with Gasteiger partial charge >= 0.3 is 0 Å². The minimum Gasteiger partial charge on any atom is -0.486 e. The number of carbonyl (C=O) groups excluding carboxylic acids is 1. The van der Waals surface area contributed by atoms with Gasteiger partial charge in [-0.1, -0.05) is 31.0 Å². The van der Waals surface area contributed by atoms with Crippen LogP contribution in [0.15, 0.2) is 42.5 Å². The van der Waals surface area contributed by atoms with Crippen LogP contribution in [0, 0.1) is 10.1 Å². The Morgan fingerprint density at radius 3 is 2.59 bits per heavy atom. The van der Waals surface area contributed by atoms with Crippen LogP contribution >= 0.6 is 0 Å². The van der Waals surface area contributed by atoms with Crippen molar-refractivity contribution in [3.8, 4) is 11.5 Å². The number of carbonyl (C=O) groups is 1. The third-order valence-electron chi connectivity index (χ3n) is 6.55. The minimum atomic E-state index is -0.414. The normalized spacial score (nSPS) is 17.7. The van der Waals surface area contributed by atoms with E-state index in [0.29, 0.717) is 13.2 Å². The summed E-state index contributed by atoms with van der Waals surface area (Å²) in [6.45, 7) is 3.20. The van der Waals surface area contributed by atoms with Crippen molar-refractivity contribution < 1.29 is 19.2 Å². The van der Waals surface area contributed by atoms with Gasteiger partial charge in [0.25, 0.3) is 5.69 Å². The van der Waals surface area contributed by atoms with E-state index in [2.05, 4.69) is 5.32 Å². The maximum Gasteiger partial charge on any atom is 0.269 e. The molecule has 1 atom stereocenters. The lowest BCUT2D eigenvalue weighted by atomic mass is 9.87. The fourth-order valence-electron chi connectivity index (χ4n) is 4.63. The van der Waals surface area contributed by atoms with Crippen LogP contribution in [0.2, 0.25) is 0 Å². The van der Waals surface area contributed by atoms with Crippen molar-refractivity contribution in [3.63, 3.8) is 0 Å². The smallest absolute Gasteiger partial charge is 0.269 e. The van der Waals surface area contributed by atoms with E-state index in [0.717, 1.165) is 48.3 Å². The lowest BCUT2D eigenvalue weighted by Crippen LogP contribution is -2.47. The molecule has 1 amide bonds. The van der Waals surface area contributed by atoms with Gasteiger partial charge in [-0.05, 0) is 50.1 Å². The first-order valence-corrected chi connectivity index (χ1v) is 11.0. The average Bonchev–Trinajstić information content (AvgIpc) is 3.27. The number of hydrogen-bond acceptors (Lipinski definition) is 6. The fourth-order valence-corrected chi connectivity index (χ4v) is 4.63. The number of likely N-dealkylation sites (N-methyl/N-ethyl adjacent to an activating group) is 1. The molecule has 0 bridgehead atoms. The van der Waals surface area contributed by atoms with Gasteiger partial charge in [-0.2, -0.15) is 0 Å². The predicted octanol–water partition coefficient (Wildman–Crippen LogP) is 3.94. The summed E-state index contributed by atoms with van der Waals surface area (Å²) in [7, 11) is 1.86. The Morgan fingerprint density at radius 1 is 1.16 bits per heavy atom. The summed E-state index contributed by atoms with van der Waals surface area (Å²) in [4.78, 5) is 25.7. The number of fused-ring (bicyclic) bond motifs is 1. The number of rotatable bonds is 7. The van der Waals surface area contributed by atoms with Gasteiger partial charge in [-0.3, -0.25) is 19.8 Å². The van der Waals surface area contributed by atoms with E-state index in [1.165, 1.54) is 6.07 Å². The summed E-state index contributed by atoms with van der Waals surface area (Å²) in [6.07, 6.45) is 3.86. The third kappa shape index (κ3) is 4.55. The maximum absolute atomic E-state index is 13.1. The quantitative estimate of drug-likeness (QED) is 0.519. The molecule has 1 saturated carbocycles. The predicted molar refractivity (Wildman–Crippen MR) is 120 cm³/mol. The SMILES string of the molecule is C[C@@H](c1cccc([N+](=O)[O-])c1)N(C)CC(=O)NC1(c2ccc3c(c2)OCCO3)CCCC1. The first-order chi connectivity index (χ1) is 15.4. The Labute approximate surface area is 187 Å². The molecule has 2 aromatic carbocycles. The Kier molecular flexibility index (Phi) is 6.32. The van der Waals surface area contributed by atoms with Gasteiger partial charge in [-0.15, -0.1) is 0 Å². The van der Waals surface area contributed by atoms with E-state index in [1.54, 1.807) is 12.1 Å². The Bertz CT molecular complexity index is 1000. The van der Waals surface area contributed by atoms with Crippen LogP contribution in [0.25, 0.3) is 0 Å². The second-order valence-corrected chi connectivity index (χ2v) is 8.64. The van der Waals surface area contributed by atoms with Crippen molar-refractivity contribution in [2.24, 2.45) is 0 Å². The highest BCUT2D eigenvalue weighted by molar-refractivity contribution is 5.79. The van der Waals surface area contributed by atoms with E-state index in [4.69, 9.17) is 9.47 Å². The number of nitro benzene ring substituents is 1. The van der Waals surface area contributed by atoms with Crippen molar-refractivity contribution in [3.05, 3.63) is 63.7 Å². The van der Waals surface area contributed by atoms with Crippen LogP contribution in [-0.2, 0) is 10.3 Å². The number of benzene rings is 2. The molecule has 8 nitrogen and oxygen atoms in total. The molecule has 32 heavy (non-hydrogen) atoms. The highest BCUT2D eigenvalue weighted by Gasteiger charge is 2.38. The molecule has 170 valence electrons. The monoisotopic (exact) mass is 439 g/mol. The fraction of sp³-hybridized carbons (Fsp3) is 0.458. The Balaban J connectivity index is 1.46. The molecule has 0 unspecified atom stereocenters. The van der Waals surface area contributed by atoms with E-state index >= 15 is 0 Å². The van der Waals surface area contributed by atoms with E-state index in [9.17, 15) is 14.9 Å². The highest BCUT2D eigenvalue weighted by Crippen LogP contribution is 2.42. The molecule has 1 N–H and O–H groups in total. The molecule has 1 aliphatic carbocycles. The number of nitro groups is 1. The molecular formula is C24H29N3O5. The van der Waals surface area contributed by atoms with Crippen LogP contribution < -0.4 is 14.8 Å². The second kappa shape index (κ2) is 9.16. The highest BCUT2D eigenvalue weighted by atomic mass is 16.6. The molecule has 2 aromatic rings. The molecule has 1 fully saturated rings. The summed E-state index contributed by atoms with van der Waals surface area (Å²) >= 11 is 0. The molecule has 0 aromatic heterocycles. The summed E-state index contributed by atoms with van der Waals surface area (Å²) in [5.41, 5.74) is 1.48. The second-order valence-electron chi connectivity index (χ2n) is 8.64. The van der Waals surface area contributed by atoms with Crippen LogP contribution in [0.1, 0.15) is 49.8 Å². The molecule has 0 radical (unpaired) electrons. The lowest BCUT2D eigenvalue weighted by molar-refractivity contribution is -0.384. The number of hydrogen-bond donors (Lipinski definition) is 1. The van der Waals surface area contributed by atoms with E-state index < -0.39 is 10.5 Å². The van der Waals surface area contributed by atoms with Crippen LogP contribution in [-0.4, -0.2) is 42.5 Å². The van der Waals surface area contributed by atoms with Gasteiger partial charge in [0.15, 0.2) is 11.5 Å². The van der Waals surface area contributed by atoms with E-state index in [1.807, 2.05) is 43.1 Å². The molecule has 0 saturated heterocycles. The number of non-ortho nitro benzene ring substituents is 1. The first-order valence-electron chi connectivity index (χ1n) is 11.0. The van der Waals surface area contributed by atoms with Gasteiger partial charge in [0, 0.05) is 18.2 Å². The molecular weight excluding hydrogens is 410 g/mol. The van der Waals surface area contributed by atoms with Gasteiger partial charge in [0.05, 0.1) is 17.0 Å². The average molecular weight is 440 g/mol. The number of nitrogens with one attached hydrogen (secondary N) is 1. The molecule has 2 aliphatic rings. The van der Waals surface area contributed by atoms with Crippen molar-refractivity contribution in [1.82, 2.24) is 10.2 Å². The molecule has 0 spiro atoms. The van der Waals surface area contributed by atoms with Crippen LogP contribution in [0.3, 0.4) is 0 Å². The zero-order valence-electron chi connectivity index (χ0n) is 18.5. The topological polar surface area (TPSA) is 93.9 Å². The van der Waals surface area contributed by atoms with Crippen LogP contribution in [0.4, 0.5) is 5.69 Å². The zero-order chi connectivity index (χ0) is 22.7. The number of nitrogens with zero attached hydrogens (tertiary/aromatic N) is 2. The lowest BCUT2D eigenvalue weighted by Gasteiger charge is -2.33. The maximum atomic E-state index is 13.1. The Morgan fingerprint density at radius 2 is 1.88 bits per heavy atom. The Hall–Kier alpha value is -3.13. The van der Waals surface area contributed by atoms with Crippen molar-refractivity contribution >= 4 is 11.6 Å².